The Morgan fingerprint density at radius 1 is 1.25 bits per heavy atom. The van der Waals surface area contributed by atoms with Gasteiger partial charge < -0.3 is 9.84 Å². The molecule has 0 aliphatic heterocycles. The van der Waals surface area contributed by atoms with E-state index in [0.717, 1.165) is 30.8 Å². The highest BCUT2D eigenvalue weighted by molar-refractivity contribution is 5.88. The molecule has 0 amide bonds. The first kappa shape index (κ1) is 16.5. The van der Waals surface area contributed by atoms with E-state index in [4.69, 9.17) is 4.74 Å². The minimum Gasteiger partial charge on any atom is -0.494 e. The summed E-state index contributed by atoms with van der Waals surface area (Å²) in [5.41, 5.74) is 1.28. The van der Waals surface area contributed by atoms with Crippen LogP contribution in [-0.4, -0.2) is 35.7 Å². The monoisotopic (exact) mass is 279 g/mol. The molecule has 0 fully saturated rings. The summed E-state index contributed by atoms with van der Waals surface area (Å²) in [4.78, 5) is 13.5. The molecule has 0 aliphatic rings. The van der Waals surface area contributed by atoms with Gasteiger partial charge in [0, 0.05) is 11.6 Å². The Morgan fingerprint density at radius 2 is 1.90 bits per heavy atom. The molecule has 0 radical (unpaired) electrons. The van der Waals surface area contributed by atoms with Gasteiger partial charge >= 0.3 is 5.97 Å². The van der Waals surface area contributed by atoms with E-state index < -0.39 is 5.97 Å². The Balaban J connectivity index is 3.27. The van der Waals surface area contributed by atoms with Crippen molar-refractivity contribution < 1.29 is 14.6 Å². The molecule has 1 atom stereocenters. The summed E-state index contributed by atoms with van der Waals surface area (Å²) in [5, 5.41) is 9.18. The topological polar surface area (TPSA) is 49.8 Å². The number of carboxylic acid groups (broad SMARTS) is 1. The maximum Gasteiger partial charge on any atom is 0.335 e. The predicted octanol–water partition coefficient (Wildman–Crippen LogP) is 3.58. The summed E-state index contributed by atoms with van der Waals surface area (Å²) in [6, 6.07) is 5.31. The van der Waals surface area contributed by atoms with Crippen LogP contribution in [0.3, 0.4) is 0 Å². The lowest BCUT2D eigenvalue weighted by atomic mass is 9.99. The molecule has 1 rings (SSSR count). The third kappa shape index (κ3) is 3.73. The minimum atomic E-state index is -0.899. The van der Waals surface area contributed by atoms with Crippen LogP contribution in [0, 0.1) is 0 Å². The number of nitrogens with zero attached hydrogens (tertiary/aromatic N) is 1. The summed E-state index contributed by atoms with van der Waals surface area (Å²) in [6.07, 6.45) is 0.921. The maximum absolute atomic E-state index is 11.2. The first-order valence-corrected chi connectivity index (χ1v) is 7.32. The summed E-state index contributed by atoms with van der Waals surface area (Å²) in [7, 11) is 0. The molecule has 0 bridgehead atoms. The zero-order valence-electron chi connectivity index (χ0n) is 12.8. The van der Waals surface area contributed by atoms with Crippen molar-refractivity contribution in [3.05, 3.63) is 29.3 Å². The molecule has 112 valence electrons. The van der Waals surface area contributed by atoms with E-state index in [9.17, 15) is 9.90 Å². The van der Waals surface area contributed by atoms with Crippen molar-refractivity contribution in [2.45, 2.75) is 40.2 Å². The quantitative estimate of drug-likeness (QED) is 0.790. The molecule has 1 aromatic carbocycles. The van der Waals surface area contributed by atoms with Crippen molar-refractivity contribution in [1.29, 1.82) is 0 Å². The molecule has 0 saturated carbocycles. The molecule has 0 aliphatic carbocycles. The van der Waals surface area contributed by atoms with E-state index in [1.807, 2.05) is 6.92 Å². The lowest BCUT2D eigenvalue weighted by molar-refractivity contribution is 0.0696. The zero-order chi connectivity index (χ0) is 15.1. The van der Waals surface area contributed by atoms with Gasteiger partial charge in [0.1, 0.15) is 5.75 Å². The van der Waals surface area contributed by atoms with Crippen LogP contribution in [0.4, 0.5) is 0 Å². The molecule has 0 spiro atoms. The second-order valence-electron chi connectivity index (χ2n) is 4.64. The van der Waals surface area contributed by atoms with Crippen LogP contribution >= 0.6 is 0 Å². The van der Waals surface area contributed by atoms with Crippen molar-refractivity contribution in [3.8, 4) is 5.75 Å². The summed E-state index contributed by atoms with van der Waals surface area (Å²) < 4.78 is 5.67. The van der Waals surface area contributed by atoms with E-state index in [2.05, 4.69) is 25.7 Å². The molecule has 4 nitrogen and oxygen atoms in total. The number of ether oxygens (including phenoxy) is 1. The van der Waals surface area contributed by atoms with Crippen LogP contribution in [0.5, 0.6) is 5.75 Å². The molecule has 1 aromatic rings. The van der Waals surface area contributed by atoms with Crippen LogP contribution in [0.1, 0.15) is 56.1 Å². The van der Waals surface area contributed by atoms with Gasteiger partial charge in [0.2, 0.25) is 0 Å². The average molecular weight is 279 g/mol. The minimum absolute atomic E-state index is 0.186. The highest BCUT2D eigenvalue weighted by atomic mass is 16.5. The van der Waals surface area contributed by atoms with Gasteiger partial charge in [0.15, 0.2) is 0 Å². The fraction of sp³-hybridized carbons (Fsp3) is 0.562. The highest BCUT2D eigenvalue weighted by Crippen LogP contribution is 2.32. The van der Waals surface area contributed by atoms with Crippen LogP contribution in [0.2, 0.25) is 0 Å². The van der Waals surface area contributed by atoms with Crippen LogP contribution in [-0.2, 0) is 0 Å². The summed E-state index contributed by atoms with van der Waals surface area (Å²) >= 11 is 0. The Morgan fingerprint density at radius 3 is 2.35 bits per heavy atom. The van der Waals surface area contributed by atoms with Gasteiger partial charge in [0.05, 0.1) is 12.2 Å². The number of hydrogen-bond acceptors (Lipinski definition) is 3. The molecular weight excluding hydrogens is 254 g/mol. The number of carboxylic acids is 1. The summed E-state index contributed by atoms with van der Waals surface area (Å²) in [6.45, 7) is 10.7. The molecule has 1 unspecified atom stereocenters. The molecule has 0 heterocycles. The van der Waals surface area contributed by atoms with Crippen LogP contribution in [0.15, 0.2) is 18.2 Å². The molecule has 4 heteroatoms. The highest BCUT2D eigenvalue weighted by Gasteiger charge is 2.21. The number of benzene rings is 1. The fourth-order valence-corrected chi connectivity index (χ4v) is 2.57. The normalized spacial score (nSPS) is 12.4. The molecule has 1 N–H and O–H groups in total. The van der Waals surface area contributed by atoms with E-state index in [-0.39, 0.29) is 6.04 Å². The zero-order valence-corrected chi connectivity index (χ0v) is 12.8. The number of carbonyl (C=O) groups is 1. The molecule has 0 saturated heterocycles. The third-order valence-corrected chi connectivity index (χ3v) is 3.56. The summed E-state index contributed by atoms with van der Waals surface area (Å²) in [5.74, 6) is -0.111. The van der Waals surface area contributed by atoms with Crippen molar-refractivity contribution in [2.24, 2.45) is 0 Å². The van der Waals surface area contributed by atoms with Crippen LogP contribution < -0.4 is 4.74 Å². The van der Waals surface area contributed by atoms with Crippen molar-refractivity contribution >= 4 is 5.97 Å². The van der Waals surface area contributed by atoms with Crippen molar-refractivity contribution in [2.75, 3.05) is 19.7 Å². The second-order valence-corrected chi connectivity index (χ2v) is 4.64. The van der Waals surface area contributed by atoms with Crippen molar-refractivity contribution in [1.82, 2.24) is 4.90 Å². The second kappa shape index (κ2) is 7.90. The van der Waals surface area contributed by atoms with E-state index in [1.165, 1.54) is 0 Å². The van der Waals surface area contributed by atoms with E-state index >= 15 is 0 Å². The number of aromatic carboxylic acids is 1. The largest absolute Gasteiger partial charge is 0.494 e. The van der Waals surface area contributed by atoms with E-state index in [1.54, 1.807) is 18.2 Å². The van der Waals surface area contributed by atoms with Gasteiger partial charge in [-0.15, -0.1) is 0 Å². The van der Waals surface area contributed by atoms with E-state index in [0.29, 0.717) is 12.2 Å². The van der Waals surface area contributed by atoms with Gasteiger partial charge in [-0.1, -0.05) is 20.8 Å². The number of rotatable bonds is 8. The molecule has 0 aromatic heterocycles. The van der Waals surface area contributed by atoms with Gasteiger partial charge in [-0.3, -0.25) is 4.90 Å². The Kier molecular flexibility index (Phi) is 6.52. The third-order valence-electron chi connectivity index (χ3n) is 3.56. The Bertz CT molecular complexity index is 441. The maximum atomic E-state index is 11.2. The SMILES string of the molecule is CCOc1ccc(C(=O)O)cc1C(CC)N(CC)CC. The lowest BCUT2D eigenvalue weighted by Crippen LogP contribution is -2.28. The lowest BCUT2D eigenvalue weighted by Gasteiger charge is -2.30. The standard InChI is InChI=1S/C16H25NO3/c1-5-14(17(6-2)7-3)13-11-12(16(18)19)9-10-15(13)20-8-4/h9-11,14H,5-8H2,1-4H3,(H,18,19). The first-order chi connectivity index (χ1) is 9.58. The van der Waals surface area contributed by atoms with Gasteiger partial charge in [-0.2, -0.15) is 0 Å². The Labute approximate surface area is 121 Å². The number of hydrogen-bond donors (Lipinski definition) is 1. The Hall–Kier alpha value is -1.55. The van der Waals surface area contributed by atoms with Crippen LogP contribution in [0.25, 0.3) is 0 Å². The van der Waals surface area contributed by atoms with Gasteiger partial charge in [0.25, 0.3) is 0 Å². The first-order valence-electron chi connectivity index (χ1n) is 7.32. The average Bonchev–Trinajstić information content (AvgIpc) is 2.45. The fourth-order valence-electron chi connectivity index (χ4n) is 2.57. The predicted molar refractivity (Wildman–Crippen MR) is 80.5 cm³/mol. The van der Waals surface area contributed by atoms with Gasteiger partial charge in [-0.05, 0) is 44.6 Å². The molecule has 20 heavy (non-hydrogen) atoms. The smallest absolute Gasteiger partial charge is 0.335 e. The van der Waals surface area contributed by atoms with Gasteiger partial charge in [-0.25, -0.2) is 4.79 Å². The van der Waals surface area contributed by atoms with Crippen molar-refractivity contribution in [3.63, 3.8) is 0 Å². The molecular formula is C16H25NO3.